The van der Waals surface area contributed by atoms with Crippen molar-refractivity contribution in [2.45, 2.75) is 32.6 Å². The SMILES string of the molecule is CC(C)(C)c1ccc(NC(=O)[C@@H]2CC(=O)N(c3cccc(Cl)c3Cl)C2)cc1. The van der Waals surface area contributed by atoms with E-state index in [0.717, 1.165) is 5.69 Å². The van der Waals surface area contributed by atoms with E-state index >= 15 is 0 Å². The molecular weight excluding hydrogens is 383 g/mol. The van der Waals surface area contributed by atoms with Crippen LogP contribution in [0.1, 0.15) is 32.8 Å². The molecule has 2 aromatic rings. The third-order valence-electron chi connectivity index (χ3n) is 4.74. The van der Waals surface area contributed by atoms with Crippen molar-refractivity contribution in [3.63, 3.8) is 0 Å². The number of amides is 2. The number of hydrogen-bond acceptors (Lipinski definition) is 2. The van der Waals surface area contributed by atoms with Crippen LogP contribution < -0.4 is 10.2 Å². The highest BCUT2D eigenvalue weighted by Gasteiger charge is 2.36. The van der Waals surface area contributed by atoms with E-state index in [2.05, 4.69) is 26.1 Å². The van der Waals surface area contributed by atoms with Crippen LogP contribution in [0.2, 0.25) is 10.0 Å². The lowest BCUT2D eigenvalue weighted by atomic mass is 9.87. The summed E-state index contributed by atoms with van der Waals surface area (Å²) in [5.41, 5.74) is 2.51. The Balaban J connectivity index is 1.70. The topological polar surface area (TPSA) is 49.4 Å². The standard InChI is InChI=1S/C21H22Cl2N2O2/c1-21(2,3)14-7-9-15(10-8-14)24-20(27)13-11-18(26)25(12-13)17-6-4-5-16(22)19(17)23/h4-10,13H,11-12H2,1-3H3,(H,24,27)/t13-/m1/s1. The molecule has 3 rings (SSSR count). The Morgan fingerprint density at radius 2 is 1.78 bits per heavy atom. The van der Waals surface area contributed by atoms with E-state index in [1.165, 1.54) is 10.5 Å². The molecule has 27 heavy (non-hydrogen) atoms. The van der Waals surface area contributed by atoms with Crippen LogP contribution in [0.5, 0.6) is 0 Å². The van der Waals surface area contributed by atoms with Gasteiger partial charge in [0, 0.05) is 18.7 Å². The summed E-state index contributed by atoms with van der Waals surface area (Å²) in [4.78, 5) is 26.6. The Labute approximate surface area is 169 Å². The van der Waals surface area contributed by atoms with E-state index in [-0.39, 0.29) is 30.2 Å². The smallest absolute Gasteiger partial charge is 0.229 e. The van der Waals surface area contributed by atoms with Crippen LogP contribution in [0, 0.1) is 5.92 Å². The Kier molecular flexibility index (Phi) is 5.50. The first-order chi connectivity index (χ1) is 12.7. The zero-order valence-electron chi connectivity index (χ0n) is 15.6. The van der Waals surface area contributed by atoms with Crippen molar-refractivity contribution < 1.29 is 9.59 Å². The van der Waals surface area contributed by atoms with Crippen LogP contribution >= 0.6 is 23.2 Å². The zero-order chi connectivity index (χ0) is 19.8. The number of nitrogens with zero attached hydrogens (tertiary/aromatic N) is 1. The average molecular weight is 405 g/mol. The highest BCUT2D eigenvalue weighted by atomic mass is 35.5. The Hall–Kier alpha value is -2.04. The minimum atomic E-state index is -0.435. The monoisotopic (exact) mass is 404 g/mol. The molecule has 1 N–H and O–H groups in total. The summed E-state index contributed by atoms with van der Waals surface area (Å²) >= 11 is 12.3. The number of rotatable bonds is 3. The molecule has 1 aliphatic rings. The van der Waals surface area contributed by atoms with Gasteiger partial charge < -0.3 is 10.2 Å². The number of carbonyl (C=O) groups is 2. The first-order valence-electron chi connectivity index (χ1n) is 8.82. The maximum absolute atomic E-state index is 12.6. The van der Waals surface area contributed by atoms with E-state index in [9.17, 15) is 9.59 Å². The summed E-state index contributed by atoms with van der Waals surface area (Å²) in [6.07, 6.45) is 0.148. The number of nitrogens with one attached hydrogen (secondary N) is 1. The van der Waals surface area contributed by atoms with Crippen molar-refractivity contribution in [1.82, 2.24) is 0 Å². The fourth-order valence-electron chi connectivity index (χ4n) is 3.11. The largest absolute Gasteiger partial charge is 0.326 e. The normalized spacial score (nSPS) is 17.3. The van der Waals surface area contributed by atoms with E-state index in [1.54, 1.807) is 18.2 Å². The van der Waals surface area contributed by atoms with Crippen molar-refractivity contribution in [2.24, 2.45) is 5.92 Å². The number of anilines is 2. The molecule has 0 aromatic heterocycles. The van der Waals surface area contributed by atoms with Gasteiger partial charge in [-0.2, -0.15) is 0 Å². The molecule has 1 saturated heterocycles. The molecule has 1 heterocycles. The predicted octanol–water partition coefficient (Wildman–Crippen LogP) is 5.28. The van der Waals surface area contributed by atoms with Crippen LogP contribution in [0.15, 0.2) is 42.5 Å². The van der Waals surface area contributed by atoms with Gasteiger partial charge in [-0.15, -0.1) is 0 Å². The van der Waals surface area contributed by atoms with E-state index in [4.69, 9.17) is 23.2 Å². The number of carbonyl (C=O) groups excluding carboxylic acids is 2. The van der Waals surface area contributed by atoms with E-state index in [1.807, 2.05) is 24.3 Å². The Morgan fingerprint density at radius 1 is 1.11 bits per heavy atom. The maximum atomic E-state index is 12.6. The number of halogens is 2. The molecular formula is C21H22Cl2N2O2. The van der Waals surface area contributed by atoms with Crippen LogP contribution in [-0.2, 0) is 15.0 Å². The molecule has 142 valence electrons. The number of benzene rings is 2. The summed E-state index contributed by atoms with van der Waals surface area (Å²) in [6, 6.07) is 12.9. The van der Waals surface area contributed by atoms with Gasteiger partial charge in [0.15, 0.2) is 0 Å². The minimum Gasteiger partial charge on any atom is -0.326 e. The average Bonchev–Trinajstić information content (AvgIpc) is 2.99. The van der Waals surface area contributed by atoms with E-state index in [0.29, 0.717) is 15.7 Å². The molecule has 1 aliphatic heterocycles. The Morgan fingerprint density at radius 3 is 2.41 bits per heavy atom. The van der Waals surface area contributed by atoms with Crippen LogP contribution in [0.3, 0.4) is 0 Å². The van der Waals surface area contributed by atoms with Gasteiger partial charge in [-0.25, -0.2) is 0 Å². The molecule has 0 saturated carbocycles. The van der Waals surface area contributed by atoms with Crippen LogP contribution in [0.4, 0.5) is 11.4 Å². The van der Waals surface area contributed by atoms with Crippen molar-refractivity contribution >= 4 is 46.4 Å². The van der Waals surface area contributed by atoms with Crippen molar-refractivity contribution in [3.8, 4) is 0 Å². The predicted molar refractivity (Wildman–Crippen MR) is 111 cm³/mol. The van der Waals surface area contributed by atoms with Gasteiger partial charge >= 0.3 is 0 Å². The third-order valence-corrected chi connectivity index (χ3v) is 5.55. The van der Waals surface area contributed by atoms with Gasteiger partial charge in [-0.1, -0.05) is 62.2 Å². The summed E-state index contributed by atoms with van der Waals surface area (Å²) in [5, 5.41) is 3.61. The lowest BCUT2D eigenvalue weighted by Crippen LogP contribution is -2.28. The Bertz CT molecular complexity index is 873. The minimum absolute atomic E-state index is 0.0527. The molecule has 6 heteroatoms. The third kappa shape index (κ3) is 4.28. The van der Waals surface area contributed by atoms with Gasteiger partial charge in [0.25, 0.3) is 0 Å². The van der Waals surface area contributed by atoms with Crippen molar-refractivity contribution in [1.29, 1.82) is 0 Å². The quantitative estimate of drug-likeness (QED) is 0.755. The van der Waals surface area contributed by atoms with Gasteiger partial charge in [-0.3, -0.25) is 9.59 Å². The molecule has 0 radical (unpaired) electrons. The highest BCUT2D eigenvalue weighted by molar-refractivity contribution is 6.44. The van der Waals surface area contributed by atoms with Crippen LogP contribution in [-0.4, -0.2) is 18.4 Å². The second-order valence-electron chi connectivity index (χ2n) is 7.79. The second kappa shape index (κ2) is 7.53. The molecule has 4 nitrogen and oxygen atoms in total. The highest BCUT2D eigenvalue weighted by Crippen LogP contribution is 2.36. The lowest BCUT2D eigenvalue weighted by Gasteiger charge is -2.20. The number of hydrogen-bond donors (Lipinski definition) is 1. The summed E-state index contributed by atoms with van der Waals surface area (Å²) in [7, 11) is 0. The molecule has 0 unspecified atom stereocenters. The molecule has 1 atom stereocenters. The van der Waals surface area contributed by atoms with Gasteiger partial charge in [0.1, 0.15) is 0 Å². The molecule has 0 bridgehead atoms. The maximum Gasteiger partial charge on any atom is 0.229 e. The summed E-state index contributed by atoms with van der Waals surface area (Å²) < 4.78 is 0. The molecule has 0 aliphatic carbocycles. The van der Waals surface area contributed by atoms with Crippen molar-refractivity contribution in [2.75, 3.05) is 16.8 Å². The molecule has 2 aromatic carbocycles. The second-order valence-corrected chi connectivity index (χ2v) is 8.58. The van der Waals surface area contributed by atoms with Crippen LogP contribution in [0.25, 0.3) is 0 Å². The lowest BCUT2D eigenvalue weighted by molar-refractivity contribution is -0.122. The van der Waals surface area contributed by atoms with Gasteiger partial charge in [0.2, 0.25) is 11.8 Å². The summed E-state index contributed by atoms with van der Waals surface area (Å²) in [5.74, 6) is -0.746. The van der Waals surface area contributed by atoms with Gasteiger partial charge in [-0.05, 0) is 35.2 Å². The fraction of sp³-hybridized carbons (Fsp3) is 0.333. The summed E-state index contributed by atoms with van der Waals surface area (Å²) in [6.45, 7) is 6.70. The molecule has 0 spiro atoms. The zero-order valence-corrected chi connectivity index (χ0v) is 17.1. The van der Waals surface area contributed by atoms with Gasteiger partial charge in [0.05, 0.1) is 21.7 Å². The first-order valence-corrected chi connectivity index (χ1v) is 9.58. The molecule has 2 amide bonds. The fourth-order valence-corrected chi connectivity index (χ4v) is 3.51. The van der Waals surface area contributed by atoms with Crippen molar-refractivity contribution in [3.05, 3.63) is 58.1 Å². The first kappa shape index (κ1) is 19.7. The molecule has 1 fully saturated rings. The van der Waals surface area contributed by atoms with E-state index < -0.39 is 5.92 Å².